The Balaban J connectivity index is 2.26. The molecule has 0 heterocycles. The van der Waals surface area contributed by atoms with Gasteiger partial charge >= 0.3 is 82.4 Å². The minimum atomic E-state index is -6.32. The van der Waals surface area contributed by atoms with Crippen LogP contribution < -0.4 is 0 Å². The van der Waals surface area contributed by atoms with E-state index in [-0.39, 0.29) is 0 Å². The number of halogens is 3. The first kappa shape index (κ1) is 9.69. The summed E-state index contributed by atoms with van der Waals surface area (Å²) in [6.45, 7) is 0. The number of rotatable bonds is 1. The molecule has 13 heavy (non-hydrogen) atoms. The van der Waals surface area contributed by atoms with Crippen LogP contribution in [0.1, 0.15) is 25.7 Å². The van der Waals surface area contributed by atoms with Crippen LogP contribution in [0.25, 0.3) is 0 Å². The van der Waals surface area contributed by atoms with Gasteiger partial charge in [-0.25, -0.2) is 0 Å². The molecule has 2 aliphatic rings. The van der Waals surface area contributed by atoms with Crippen molar-refractivity contribution in [2.24, 2.45) is 0 Å². The van der Waals surface area contributed by atoms with Crippen LogP contribution in [0.4, 0.5) is 7.99 Å². The zero-order valence-electron chi connectivity index (χ0n) is 7.19. The Morgan fingerprint density at radius 1 is 1.15 bits per heavy atom. The summed E-state index contributed by atoms with van der Waals surface area (Å²) in [6.07, 6.45) is 6.68. The molecule has 2 rings (SSSR count). The van der Waals surface area contributed by atoms with Crippen LogP contribution in [-0.4, -0.2) is 0 Å². The minimum absolute atomic E-state index is 0.687. The first-order chi connectivity index (χ1) is 6.09. The van der Waals surface area contributed by atoms with Crippen molar-refractivity contribution in [2.75, 3.05) is 0 Å². The summed E-state index contributed by atoms with van der Waals surface area (Å²) in [5, 5.41) is 0. The number of allylic oxidation sites excluding steroid dienone is 4. The van der Waals surface area contributed by atoms with Crippen molar-refractivity contribution < 1.29 is 29.8 Å². The van der Waals surface area contributed by atoms with Gasteiger partial charge in [0.1, 0.15) is 0 Å². The molecular weight excluding hydrogens is 344 g/mol. The fourth-order valence-corrected chi connectivity index (χ4v) is 5.87. The van der Waals surface area contributed by atoms with E-state index in [0.29, 0.717) is 6.42 Å². The molecule has 0 saturated heterocycles. The fourth-order valence-electron chi connectivity index (χ4n) is 2.13. The first-order valence-corrected chi connectivity index (χ1v) is 10.7. The molecule has 0 fully saturated rings. The second kappa shape index (κ2) is 3.37. The second-order valence-electron chi connectivity index (χ2n) is 3.64. The molecule has 1 atom stereocenters. The van der Waals surface area contributed by atoms with Gasteiger partial charge in [0.15, 0.2) is 0 Å². The molecule has 0 N–H and O–H groups in total. The first-order valence-electron chi connectivity index (χ1n) is 4.56. The van der Waals surface area contributed by atoms with Crippen molar-refractivity contribution in [3.05, 3.63) is 23.3 Å². The van der Waals surface area contributed by atoms with Crippen LogP contribution in [0.2, 0.25) is 3.67 Å². The number of hydrogen-bond donors (Lipinski definition) is 0. The van der Waals surface area contributed by atoms with Gasteiger partial charge in [-0.2, -0.15) is 0 Å². The van der Waals surface area contributed by atoms with E-state index in [1.54, 1.807) is 6.08 Å². The third kappa shape index (κ3) is 1.83. The Labute approximate surface area is 82.4 Å². The molecule has 0 aromatic heterocycles. The van der Waals surface area contributed by atoms with E-state index in [9.17, 15) is 7.99 Å². The predicted molar refractivity (Wildman–Crippen MR) is 41.7 cm³/mol. The van der Waals surface area contributed by atoms with Gasteiger partial charge in [-0.05, 0) is 0 Å². The van der Waals surface area contributed by atoms with E-state index in [2.05, 4.69) is 0 Å². The SMILES string of the molecule is [F][Hf]([F])([F])[CH]1C=CC2=C1CCCC2. The molecule has 1 unspecified atom stereocenters. The second-order valence-corrected chi connectivity index (χ2v) is 9.76. The van der Waals surface area contributed by atoms with Gasteiger partial charge in [0.05, 0.1) is 0 Å². The van der Waals surface area contributed by atoms with Crippen LogP contribution in [0, 0.1) is 0 Å². The van der Waals surface area contributed by atoms with Crippen LogP contribution in [-0.2, 0) is 21.8 Å². The summed E-state index contributed by atoms with van der Waals surface area (Å²) >= 11 is -6.32. The standard InChI is InChI=1S/C9H11.3FH.Hf/c1-2-5-9-7-3-6-8(9)4-1;;;;/h3,6-7H,1-2,4-5H2;3*1H;/q;;;;+3/p-3. The Morgan fingerprint density at radius 3 is 2.54 bits per heavy atom. The van der Waals surface area contributed by atoms with E-state index >= 15 is 0 Å². The summed E-state index contributed by atoms with van der Waals surface area (Å²) in [5.74, 6) is 0. The average molecular weight is 355 g/mol. The average Bonchev–Trinajstić information content (AvgIpc) is 2.45. The summed E-state index contributed by atoms with van der Waals surface area (Å²) in [4.78, 5) is 0. The van der Waals surface area contributed by atoms with Gasteiger partial charge in [0.2, 0.25) is 0 Å². The summed E-state index contributed by atoms with van der Waals surface area (Å²) in [5.41, 5.74) is 1.72. The maximum atomic E-state index is 12.7. The Morgan fingerprint density at radius 2 is 1.85 bits per heavy atom. The van der Waals surface area contributed by atoms with E-state index < -0.39 is 25.5 Å². The normalized spacial score (nSPS) is 28.1. The predicted octanol–water partition coefficient (Wildman–Crippen LogP) is 4.02. The summed E-state index contributed by atoms with van der Waals surface area (Å²) in [6, 6.07) is 0. The molecule has 0 radical (unpaired) electrons. The summed E-state index contributed by atoms with van der Waals surface area (Å²) < 4.78 is 37.0. The van der Waals surface area contributed by atoms with Gasteiger partial charge < -0.3 is 0 Å². The van der Waals surface area contributed by atoms with Crippen molar-refractivity contribution >= 4 is 0 Å². The Bertz CT molecular complexity index is 275. The molecule has 0 bridgehead atoms. The Hall–Kier alpha value is 0.140. The molecule has 2 aliphatic carbocycles. The molecule has 0 saturated carbocycles. The fraction of sp³-hybridized carbons (Fsp3) is 0.556. The molecule has 0 aromatic carbocycles. The van der Waals surface area contributed by atoms with Crippen molar-refractivity contribution in [2.45, 2.75) is 29.4 Å². The molecule has 0 aromatic rings. The molecule has 72 valence electrons. The van der Waals surface area contributed by atoms with Crippen molar-refractivity contribution in [3.8, 4) is 0 Å². The van der Waals surface area contributed by atoms with Crippen molar-refractivity contribution in [1.29, 1.82) is 0 Å². The molecular formula is C9H11F3Hf. The van der Waals surface area contributed by atoms with E-state index in [1.807, 2.05) is 0 Å². The molecule has 4 heteroatoms. The van der Waals surface area contributed by atoms with Crippen LogP contribution in [0.5, 0.6) is 0 Å². The quantitative estimate of drug-likeness (QED) is 0.624. The maximum absolute atomic E-state index is 12.7. The molecule has 0 nitrogen and oxygen atoms in total. The van der Waals surface area contributed by atoms with Crippen LogP contribution in [0.3, 0.4) is 0 Å². The van der Waals surface area contributed by atoms with Crippen LogP contribution >= 0.6 is 0 Å². The van der Waals surface area contributed by atoms with E-state index in [4.69, 9.17) is 0 Å². The van der Waals surface area contributed by atoms with Crippen molar-refractivity contribution in [1.82, 2.24) is 0 Å². The van der Waals surface area contributed by atoms with Gasteiger partial charge in [-0.3, -0.25) is 0 Å². The number of hydrogen-bond acceptors (Lipinski definition) is 0. The van der Waals surface area contributed by atoms with E-state index in [1.165, 1.54) is 6.08 Å². The molecule has 0 amide bonds. The third-order valence-electron chi connectivity index (χ3n) is 2.77. The van der Waals surface area contributed by atoms with Crippen LogP contribution in [0.15, 0.2) is 23.3 Å². The van der Waals surface area contributed by atoms with Gasteiger partial charge in [0, 0.05) is 0 Å². The van der Waals surface area contributed by atoms with Gasteiger partial charge in [0.25, 0.3) is 0 Å². The summed E-state index contributed by atoms with van der Waals surface area (Å²) in [7, 11) is 0. The molecule has 0 spiro atoms. The zero-order valence-corrected chi connectivity index (χ0v) is 10.8. The van der Waals surface area contributed by atoms with Gasteiger partial charge in [-0.15, -0.1) is 0 Å². The Kier molecular flexibility index (Phi) is 2.51. The third-order valence-corrected chi connectivity index (χ3v) is 7.25. The topological polar surface area (TPSA) is 0 Å². The zero-order chi connectivity index (χ0) is 9.47. The van der Waals surface area contributed by atoms with Crippen molar-refractivity contribution in [3.63, 3.8) is 0 Å². The molecule has 0 aliphatic heterocycles. The van der Waals surface area contributed by atoms with E-state index in [0.717, 1.165) is 30.4 Å². The monoisotopic (exact) mass is 356 g/mol. The van der Waals surface area contributed by atoms with Gasteiger partial charge in [-0.1, -0.05) is 0 Å².